The van der Waals surface area contributed by atoms with Gasteiger partial charge < -0.3 is 9.67 Å². The maximum absolute atomic E-state index is 10.7. The summed E-state index contributed by atoms with van der Waals surface area (Å²) in [6.07, 6.45) is 4.57. The third kappa shape index (κ3) is 1.90. The van der Waals surface area contributed by atoms with Crippen LogP contribution in [0.1, 0.15) is 37.4 Å². The smallest absolute Gasteiger partial charge is 0.303 e. The maximum atomic E-state index is 10.7. The van der Waals surface area contributed by atoms with E-state index in [2.05, 4.69) is 28.8 Å². The number of carboxylic acid groups (broad SMARTS) is 1. The lowest BCUT2D eigenvalue weighted by Gasteiger charge is -2.30. The number of aliphatic carboxylic acids is 1. The van der Waals surface area contributed by atoms with Gasteiger partial charge in [0.05, 0.1) is 6.42 Å². The largest absolute Gasteiger partial charge is 0.481 e. The second kappa shape index (κ2) is 4.48. The van der Waals surface area contributed by atoms with Crippen molar-refractivity contribution in [2.45, 2.75) is 38.1 Å². The number of rotatable bonds is 4. The molecule has 2 aromatic rings. The van der Waals surface area contributed by atoms with Gasteiger partial charge in [0.25, 0.3) is 0 Å². The van der Waals surface area contributed by atoms with E-state index < -0.39 is 5.97 Å². The summed E-state index contributed by atoms with van der Waals surface area (Å²) in [5.74, 6) is -0.722. The van der Waals surface area contributed by atoms with Crippen LogP contribution in [0.25, 0.3) is 10.9 Å². The average Bonchev–Trinajstić information content (AvgIpc) is 2.64. The molecule has 0 radical (unpaired) electrons. The molecule has 1 aromatic carbocycles. The first-order valence-electron chi connectivity index (χ1n) is 6.56. The number of hydrogen-bond donors (Lipinski definition) is 1. The highest BCUT2D eigenvalue weighted by molar-refractivity contribution is 5.81. The van der Waals surface area contributed by atoms with E-state index in [1.807, 2.05) is 6.07 Å². The number of carbonyl (C=O) groups is 1. The Morgan fingerprint density at radius 3 is 2.78 bits per heavy atom. The molecule has 1 aliphatic rings. The first-order chi connectivity index (χ1) is 8.75. The molecule has 1 fully saturated rings. The molecule has 1 N–H and O–H groups in total. The van der Waals surface area contributed by atoms with Gasteiger partial charge in [-0.2, -0.15) is 0 Å². The number of aromatic nitrogens is 1. The van der Waals surface area contributed by atoms with Crippen molar-refractivity contribution in [3.05, 3.63) is 36.0 Å². The summed E-state index contributed by atoms with van der Waals surface area (Å²) >= 11 is 0. The number of nitrogens with zero attached hydrogens (tertiary/aromatic N) is 1. The number of fused-ring (bicyclic) bond motifs is 1. The van der Waals surface area contributed by atoms with E-state index >= 15 is 0 Å². The number of hydrogen-bond acceptors (Lipinski definition) is 1. The van der Waals surface area contributed by atoms with Gasteiger partial charge in [-0.05, 0) is 43.2 Å². The molecule has 3 nitrogen and oxygen atoms in total. The van der Waals surface area contributed by atoms with Crippen LogP contribution < -0.4 is 0 Å². The molecule has 1 saturated carbocycles. The van der Waals surface area contributed by atoms with Crippen LogP contribution >= 0.6 is 0 Å². The zero-order chi connectivity index (χ0) is 12.5. The summed E-state index contributed by atoms with van der Waals surface area (Å²) in [7, 11) is 0. The lowest BCUT2D eigenvalue weighted by molar-refractivity contribution is -0.137. The van der Waals surface area contributed by atoms with Gasteiger partial charge in [0, 0.05) is 17.3 Å². The van der Waals surface area contributed by atoms with Gasteiger partial charge in [-0.3, -0.25) is 4.79 Å². The van der Waals surface area contributed by atoms with Crippen molar-refractivity contribution >= 4 is 16.9 Å². The molecule has 1 heterocycles. The third-order valence-electron chi connectivity index (χ3n) is 3.86. The lowest BCUT2D eigenvalue weighted by Crippen LogP contribution is -2.19. The molecule has 0 bridgehead atoms. The van der Waals surface area contributed by atoms with Crippen LogP contribution in [0.3, 0.4) is 0 Å². The molecule has 0 aliphatic heterocycles. The van der Waals surface area contributed by atoms with Crippen LogP contribution in [-0.2, 0) is 11.2 Å². The van der Waals surface area contributed by atoms with Crippen LogP contribution in [0.5, 0.6) is 0 Å². The minimum Gasteiger partial charge on any atom is -0.481 e. The topological polar surface area (TPSA) is 42.2 Å². The molecule has 0 unspecified atom stereocenters. The number of para-hydroxylation sites is 1. The Morgan fingerprint density at radius 1 is 1.33 bits per heavy atom. The molecule has 0 amide bonds. The van der Waals surface area contributed by atoms with Crippen molar-refractivity contribution in [3.63, 3.8) is 0 Å². The molecule has 94 valence electrons. The molecule has 1 aliphatic carbocycles. The van der Waals surface area contributed by atoms with E-state index in [0.717, 1.165) is 0 Å². The lowest BCUT2D eigenvalue weighted by atomic mass is 9.92. The van der Waals surface area contributed by atoms with Crippen LogP contribution in [-0.4, -0.2) is 15.6 Å². The van der Waals surface area contributed by atoms with Crippen molar-refractivity contribution < 1.29 is 9.90 Å². The fourth-order valence-electron chi connectivity index (χ4n) is 2.74. The predicted molar refractivity (Wildman–Crippen MR) is 70.8 cm³/mol. The highest BCUT2D eigenvalue weighted by atomic mass is 16.4. The van der Waals surface area contributed by atoms with E-state index in [1.165, 1.54) is 35.9 Å². The highest BCUT2D eigenvalue weighted by Gasteiger charge is 2.23. The molecule has 0 saturated heterocycles. The molecule has 1 aromatic heterocycles. The van der Waals surface area contributed by atoms with Gasteiger partial charge in [0.2, 0.25) is 0 Å². The Balaban J connectivity index is 2.02. The van der Waals surface area contributed by atoms with Crippen LogP contribution in [0, 0.1) is 0 Å². The SMILES string of the molecule is O=C(O)CCc1cc2ccccc2n1C1CCC1. The van der Waals surface area contributed by atoms with E-state index in [0.29, 0.717) is 12.5 Å². The Hall–Kier alpha value is -1.77. The fourth-order valence-corrected chi connectivity index (χ4v) is 2.74. The second-order valence-electron chi connectivity index (χ2n) is 5.04. The quantitative estimate of drug-likeness (QED) is 0.894. The Morgan fingerprint density at radius 2 is 2.11 bits per heavy atom. The van der Waals surface area contributed by atoms with Gasteiger partial charge in [0.1, 0.15) is 0 Å². The van der Waals surface area contributed by atoms with E-state index in [9.17, 15) is 4.79 Å². The van der Waals surface area contributed by atoms with Gasteiger partial charge >= 0.3 is 5.97 Å². The normalized spacial score (nSPS) is 15.8. The van der Waals surface area contributed by atoms with Crippen molar-refractivity contribution in [2.24, 2.45) is 0 Å². The molecule has 0 atom stereocenters. The maximum Gasteiger partial charge on any atom is 0.303 e. The summed E-state index contributed by atoms with van der Waals surface area (Å²) in [4.78, 5) is 10.7. The third-order valence-corrected chi connectivity index (χ3v) is 3.86. The van der Waals surface area contributed by atoms with Crippen molar-refractivity contribution in [1.29, 1.82) is 0 Å². The van der Waals surface area contributed by atoms with Crippen LogP contribution in [0.2, 0.25) is 0 Å². The van der Waals surface area contributed by atoms with Crippen molar-refractivity contribution in [1.82, 2.24) is 4.57 Å². The second-order valence-corrected chi connectivity index (χ2v) is 5.04. The summed E-state index contributed by atoms with van der Waals surface area (Å²) < 4.78 is 2.36. The minimum absolute atomic E-state index is 0.211. The molecular formula is C15H17NO2. The summed E-state index contributed by atoms with van der Waals surface area (Å²) in [5.41, 5.74) is 2.42. The summed E-state index contributed by atoms with van der Waals surface area (Å²) in [6, 6.07) is 11.1. The minimum atomic E-state index is -0.722. The molecule has 18 heavy (non-hydrogen) atoms. The first-order valence-corrected chi connectivity index (χ1v) is 6.56. The van der Waals surface area contributed by atoms with E-state index in [-0.39, 0.29) is 6.42 Å². The van der Waals surface area contributed by atoms with E-state index in [1.54, 1.807) is 0 Å². The predicted octanol–water partition coefficient (Wildman–Crippen LogP) is 3.38. The molecule has 3 rings (SSSR count). The van der Waals surface area contributed by atoms with Gasteiger partial charge in [0.15, 0.2) is 0 Å². The molecular weight excluding hydrogens is 226 g/mol. The number of benzene rings is 1. The van der Waals surface area contributed by atoms with Gasteiger partial charge in [-0.15, -0.1) is 0 Å². The standard InChI is InChI=1S/C15H17NO2/c17-15(18)9-8-13-10-11-4-1-2-7-14(11)16(13)12-5-3-6-12/h1-2,4,7,10,12H,3,5-6,8-9H2,(H,17,18). The monoisotopic (exact) mass is 243 g/mol. The zero-order valence-corrected chi connectivity index (χ0v) is 10.3. The summed E-state index contributed by atoms with van der Waals surface area (Å²) in [5, 5.41) is 10.1. The Bertz CT molecular complexity index is 581. The van der Waals surface area contributed by atoms with Crippen molar-refractivity contribution in [2.75, 3.05) is 0 Å². The number of aryl methyl sites for hydroxylation is 1. The number of carboxylic acids is 1. The Kier molecular flexibility index (Phi) is 2.82. The van der Waals surface area contributed by atoms with Crippen molar-refractivity contribution in [3.8, 4) is 0 Å². The van der Waals surface area contributed by atoms with Gasteiger partial charge in [-0.1, -0.05) is 18.2 Å². The molecule has 0 spiro atoms. The Labute approximate surface area is 106 Å². The van der Waals surface area contributed by atoms with Gasteiger partial charge in [-0.25, -0.2) is 0 Å². The van der Waals surface area contributed by atoms with Crippen LogP contribution in [0.15, 0.2) is 30.3 Å². The average molecular weight is 243 g/mol. The van der Waals surface area contributed by atoms with E-state index in [4.69, 9.17) is 5.11 Å². The fraction of sp³-hybridized carbons (Fsp3) is 0.400. The highest BCUT2D eigenvalue weighted by Crippen LogP contribution is 2.36. The first kappa shape index (κ1) is 11.3. The molecule has 3 heteroatoms. The summed E-state index contributed by atoms with van der Waals surface area (Å²) in [6.45, 7) is 0. The van der Waals surface area contributed by atoms with Crippen LogP contribution in [0.4, 0.5) is 0 Å². The zero-order valence-electron chi connectivity index (χ0n) is 10.3.